The Bertz CT molecular complexity index is 983. The summed E-state index contributed by atoms with van der Waals surface area (Å²) in [4.78, 5) is 24.3. The molecule has 30 heavy (non-hydrogen) atoms. The van der Waals surface area contributed by atoms with Crippen molar-refractivity contribution in [2.24, 2.45) is 0 Å². The van der Waals surface area contributed by atoms with Gasteiger partial charge in [-0.3, -0.25) is 4.79 Å². The van der Waals surface area contributed by atoms with E-state index in [0.717, 1.165) is 0 Å². The van der Waals surface area contributed by atoms with Crippen LogP contribution in [0.5, 0.6) is 28.7 Å². The van der Waals surface area contributed by atoms with Crippen molar-refractivity contribution in [3.8, 4) is 28.7 Å². The van der Waals surface area contributed by atoms with E-state index in [9.17, 15) is 9.59 Å². The van der Waals surface area contributed by atoms with Gasteiger partial charge in [-0.1, -0.05) is 0 Å². The van der Waals surface area contributed by atoms with Crippen LogP contribution in [0.15, 0.2) is 36.1 Å². The zero-order chi connectivity index (χ0) is 21.8. The molecule has 1 aliphatic rings. The van der Waals surface area contributed by atoms with Gasteiger partial charge in [-0.2, -0.15) is 0 Å². The second-order valence-electron chi connectivity index (χ2n) is 6.34. The Hall–Kier alpha value is -3.68. The molecule has 1 heterocycles. The zero-order valence-electron chi connectivity index (χ0n) is 17.3. The van der Waals surface area contributed by atoms with E-state index in [1.54, 1.807) is 43.3 Å². The van der Waals surface area contributed by atoms with Crippen LogP contribution in [0, 0.1) is 0 Å². The summed E-state index contributed by atoms with van der Waals surface area (Å²) in [6.45, 7) is 1.57. The molecule has 2 aromatic rings. The normalized spacial score (nSPS) is 14.6. The van der Waals surface area contributed by atoms with Gasteiger partial charge in [0.05, 0.1) is 34.0 Å². The summed E-state index contributed by atoms with van der Waals surface area (Å²) in [5, 5.41) is 0. The molecule has 0 aromatic heterocycles. The highest BCUT2D eigenvalue weighted by Gasteiger charge is 2.28. The van der Waals surface area contributed by atoms with E-state index in [-0.39, 0.29) is 11.5 Å². The first-order valence-electron chi connectivity index (χ1n) is 9.04. The molecule has 1 atom stereocenters. The number of ether oxygens (including phenoxy) is 6. The molecule has 0 amide bonds. The zero-order valence-corrected chi connectivity index (χ0v) is 17.3. The van der Waals surface area contributed by atoms with Crippen LogP contribution in [0.2, 0.25) is 0 Å². The summed E-state index contributed by atoms with van der Waals surface area (Å²) in [6, 6.07) is 8.17. The molecule has 0 saturated heterocycles. The maximum atomic E-state index is 12.7. The van der Waals surface area contributed by atoms with Gasteiger partial charge in [-0.15, -0.1) is 0 Å². The van der Waals surface area contributed by atoms with Gasteiger partial charge in [-0.25, -0.2) is 4.79 Å². The average Bonchev–Trinajstić information content (AvgIpc) is 3.06. The number of Topliss-reactive ketones (excluding diaryl/α,β-unsaturated/α-hetero) is 1. The lowest BCUT2D eigenvalue weighted by Crippen LogP contribution is -2.24. The maximum Gasteiger partial charge on any atom is 0.346 e. The molecule has 8 nitrogen and oxygen atoms in total. The molecular formula is C22H22O8. The number of carbonyl (C=O) groups is 2. The van der Waals surface area contributed by atoms with Crippen LogP contribution in [-0.4, -0.2) is 46.3 Å². The summed E-state index contributed by atoms with van der Waals surface area (Å²) in [7, 11) is 5.82. The first-order chi connectivity index (χ1) is 14.4. The first kappa shape index (κ1) is 21.0. The van der Waals surface area contributed by atoms with E-state index in [1.807, 2.05) is 0 Å². The Morgan fingerprint density at radius 3 is 2.23 bits per heavy atom. The summed E-state index contributed by atoms with van der Waals surface area (Å²) >= 11 is 0. The van der Waals surface area contributed by atoms with Crippen LogP contribution in [-0.2, 0) is 9.53 Å². The van der Waals surface area contributed by atoms with E-state index < -0.39 is 12.1 Å². The highest BCUT2D eigenvalue weighted by molar-refractivity contribution is 6.14. The largest absolute Gasteiger partial charge is 0.493 e. The number of allylic oxidation sites excluding steroid dienone is 1. The molecule has 0 aliphatic carbocycles. The number of carbonyl (C=O) groups excluding carboxylic acids is 2. The minimum atomic E-state index is -0.792. The molecule has 1 aliphatic heterocycles. The van der Waals surface area contributed by atoms with Crippen molar-refractivity contribution in [2.75, 3.05) is 28.4 Å². The van der Waals surface area contributed by atoms with Crippen LogP contribution < -0.4 is 23.7 Å². The van der Waals surface area contributed by atoms with Gasteiger partial charge in [0, 0.05) is 6.07 Å². The number of hydrogen-bond donors (Lipinski definition) is 0. The monoisotopic (exact) mass is 414 g/mol. The predicted octanol–water partition coefficient (Wildman–Crippen LogP) is 3.27. The highest BCUT2D eigenvalue weighted by Crippen LogP contribution is 2.40. The number of hydrogen-bond acceptors (Lipinski definition) is 8. The van der Waals surface area contributed by atoms with E-state index in [0.29, 0.717) is 39.9 Å². The Balaban J connectivity index is 1.89. The third-order valence-corrected chi connectivity index (χ3v) is 4.47. The first-order valence-corrected chi connectivity index (χ1v) is 9.04. The quantitative estimate of drug-likeness (QED) is 0.504. The molecule has 0 radical (unpaired) electrons. The van der Waals surface area contributed by atoms with Gasteiger partial charge in [0.15, 0.2) is 23.4 Å². The minimum absolute atomic E-state index is 0.137. The fourth-order valence-electron chi connectivity index (χ4n) is 2.99. The molecule has 0 spiro atoms. The lowest BCUT2D eigenvalue weighted by Gasteiger charge is -2.13. The second kappa shape index (κ2) is 8.77. The van der Waals surface area contributed by atoms with Crippen molar-refractivity contribution in [3.05, 3.63) is 47.2 Å². The number of fused-ring (bicyclic) bond motifs is 1. The predicted molar refractivity (Wildman–Crippen MR) is 108 cm³/mol. The Kier molecular flexibility index (Phi) is 6.15. The third-order valence-electron chi connectivity index (χ3n) is 4.47. The van der Waals surface area contributed by atoms with Crippen LogP contribution in [0.25, 0.3) is 6.08 Å². The summed E-state index contributed by atoms with van der Waals surface area (Å²) in [5.74, 6) is 1.45. The lowest BCUT2D eigenvalue weighted by molar-refractivity contribution is -0.147. The van der Waals surface area contributed by atoms with Crippen molar-refractivity contribution in [3.63, 3.8) is 0 Å². The van der Waals surface area contributed by atoms with Gasteiger partial charge in [0.25, 0.3) is 0 Å². The summed E-state index contributed by atoms with van der Waals surface area (Å²) in [6.07, 6.45) is 0.795. The number of rotatable bonds is 7. The van der Waals surface area contributed by atoms with Crippen molar-refractivity contribution < 1.29 is 38.0 Å². The van der Waals surface area contributed by atoms with Crippen LogP contribution in [0.4, 0.5) is 0 Å². The van der Waals surface area contributed by atoms with Crippen molar-refractivity contribution in [2.45, 2.75) is 13.0 Å². The maximum absolute atomic E-state index is 12.7. The van der Waals surface area contributed by atoms with E-state index in [4.69, 9.17) is 23.7 Å². The number of benzene rings is 2. The number of methoxy groups -OCH3 is 4. The molecule has 0 bridgehead atoms. The molecule has 0 N–H and O–H groups in total. The number of esters is 1. The minimum Gasteiger partial charge on any atom is -0.493 e. The Morgan fingerprint density at radius 2 is 1.67 bits per heavy atom. The molecule has 2 aromatic carbocycles. The Labute approximate surface area is 173 Å². The van der Waals surface area contributed by atoms with Crippen LogP contribution in [0.1, 0.15) is 22.8 Å². The molecule has 3 rings (SSSR count). The van der Waals surface area contributed by atoms with Crippen molar-refractivity contribution in [1.29, 1.82) is 0 Å². The van der Waals surface area contributed by atoms with Gasteiger partial charge in [0.1, 0.15) is 11.5 Å². The molecule has 0 unspecified atom stereocenters. The standard InChI is InChI=1S/C22H22O8/c1-12(22(24)28-5)29-14-6-7-15-16(11-14)30-17(20(15)23)8-13-9-18(25-2)21(27-4)19(10-13)26-3/h6-12H,1-5H3/t12-/m0/s1. The SMILES string of the molecule is COC(=O)[C@H](C)Oc1ccc2c(c1)OC(=Cc1cc(OC)c(OC)c(OC)c1)C2=O. The smallest absolute Gasteiger partial charge is 0.346 e. The van der Waals surface area contributed by atoms with E-state index in [1.165, 1.54) is 28.4 Å². The second-order valence-corrected chi connectivity index (χ2v) is 6.34. The summed E-state index contributed by atoms with van der Waals surface area (Å²) in [5.41, 5.74) is 1.03. The average molecular weight is 414 g/mol. The topological polar surface area (TPSA) is 89.5 Å². The third kappa shape index (κ3) is 4.03. The van der Waals surface area contributed by atoms with Gasteiger partial charge in [0.2, 0.25) is 11.5 Å². The Morgan fingerprint density at radius 1 is 1.00 bits per heavy atom. The van der Waals surface area contributed by atoms with Gasteiger partial charge >= 0.3 is 5.97 Å². The van der Waals surface area contributed by atoms with Crippen molar-refractivity contribution in [1.82, 2.24) is 0 Å². The lowest BCUT2D eigenvalue weighted by atomic mass is 10.1. The fraction of sp³-hybridized carbons (Fsp3) is 0.273. The molecule has 158 valence electrons. The van der Waals surface area contributed by atoms with Gasteiger partial charge in [-0.05, 0) is 42.8 Å². The molecule has 0 saturated carbocycles. The summed E-state index contributed by atoms with van der Waals surface area (Å²) < 4.78 is 31.9. The van der Waals surface area contributed by atoms with Crippen LogP contribution >= 0.6 is 0 Å². The van der Waals surface area contributed by atoms with Crippen molar-refractivity contribution >= 4 is 17.8 Å². The highest BCUT2D eigenvalue weighted by atomic mass is 16.6. The number of ketones is 1. The van der Waals surface area contributed by atoms with Gasteiger partial charge < -0.3 is 28.4 Å². The fourth-order valence-corrected chi connectivity index (χ4v) is 2.99. The van der Waals surface area contributed by atoms with E-state index >= 15 is 0 Å². The van der Waals surface area contributed by atoms with Crippen LogP contribution in [0.3, 0.4) is 0 Å². The molecule has 8 heteroatoms. The van der Waals surface area contributed by atoms with E-state index in [2.05, 4.69) is 4.74 Å². The molecular weight excluding hydrogens is 392 g/mol. The molecule has 0 fully saturated rings.